The molecule has 7 nitrogen and oxygen atoms in total. The molecular weight excluding hydrogens is 330 g/mol. The Morgan fingerprint density at radius 2 is 2.31 bits per heavy atom. The largest absolute Gasteiger partial charge is 0.355 e. The van der Waals surface area contributed by atoms with E-state index in [9.17, 15) is 4.79 Å². The quantitative estimate of drug-likeness (QED) is 0.856. The number of aryl methyl sites for hydroxylation is 1. The van der Waals surface area contributed by atoms with E-state index in [2.05, 4.69) is 32.3 Å². The molecule has 26 heavy (non-hydrogen) atoms. The summed E-state index contributed by atoms with van der Waals surface area (Å²) in [5.74, 6) is 2.09. The molecule has 3 rings (SSSR count). The number of aromatic nitrogens is 3. The van der Waals surface area contributed by atoms with Gasteiger partial charge in [0.2, 0.25) is 17.6 Å². The lowest BCUT2D eigenvalue weighted by molar-refractivity contribution is -0.125. The first-order chi connectivity index (χ1) is 12.6. The molecular formula is C19H27N5O2. The summed E-state index contributed by atoms with van der Waals surface area (Å²) in [7, 11) is 0. The maximum atomic E-state index is 12.5. The molecule has 2 atom stereocenters. The van der Waals surface area contributed by atoms with Crippen LogP contribution in [0.15, 0.2) is 22.9 Å². The number of hydrogen-bond donors (Lipinski definition) is 1. The van der Waals surface area contributed by atoms with Gasteiger partial charge in [0.25, 0.3) is 0 Å². The van der Waals surface area contributed by atoms with Crippen LogP contribution in [0.25, 0.3) is 11.4 Å². The molecule has 140 valence electrons. The van der Waals surface area contributed by atoms with Gasteiger partial charge in [0.05, 0.1) is 11.5 Å². The Morgan fingerprint density at radius 1 is 1.46 bits per heavy atom. The summed E-state index contributed by atoms with van der Waals surface area (Å²) < 4.78 is 5.25. The fourth-order valence-corrected chi connectivity index (χ4v) is 3.18. The molecule has 2 unspecified atom stereocenters. The van der Waals surface area contributed by atoms with Gasteiger partial charge in [-0.3, -0.25) is 4.79 Å². The van der Waals surface area contributed by atoms with Crippen molar-refractivity contribution in [2.75, 3.05) is 18.0 Å². The van der Waals surface area contributed by atoms with Gasteiger partial charge in [-0.25, -0.2) is 4.98 Å². The molecule has 7 heteroatoms. The molecule has 0 spiro atoms. The van der Waals surface area contributed by atoms with E-state index in [0.717, 1.165) is 37.2 Å². The lowest BCUT2D eigenvalue weighted by Crippen LogP contribution is -2.45. The molecule has 0 aliphatic carbocycles. The number of nitrogens with one attached hydrogen (secondary N) is 1. The van der Waals surface area contributed by atoms with Gasteiger partial charge in [0.1, 0.15) is 5.82 Å². The summed E-state index contributed by atoms with van der Waals surface area (Å²) in [4.78, 5) is 23.7. The summed E-state index contributed by atoms with van der Waals surface area (Å²) in [6.45, 7) is 7.62. The van der Waals surface area contributed by atoms with E-state index in [0.29, 0.717) is 24.7 Å². The van der Waals surface area contributed by atoms with Crippen molar-refractivity contribution in [2.24, 2.45) is 5.92 Å². The second-order valence-corrected chi connectivity index (χ2v) is 6.84. The predicted octanol–water partition coefficient (Wildman–Crippen LogP) is 2.83. The third kappa shape index (κ3) is 4.03. The fraction of sp³-hybridized carbons (Fsp3) is 0.579. The predicted molar refractivity (Wildman–Crippen MR) is 99.7 cm³/mol. The number of carbonyl (C=O) groups excluding carboxylic acids is 1. The van der Waals surface area contributed by atoms with Crippen LogP contribution in [0.4, 0.5) is 5.82 Å². The molecule has 0 aromatic carbocycles. The van der Waals surface area contributed by atoms with Crippen LogP contribution in [0.2, 0.25) is 0 Å². The van der Waals surface area contributed by atoms with E-state index < -0.39 is 0 Å². The molecule has 1 saturated heterocycles. The smallest absolute Gasteiger partial charge is 0.226 e. The monoisotopic (exact) mass is 357 g/mol. The first-order valence-electron chi connectivity index (χ1n) is 9.45. The van der Waals surface area contributed by atoms with E-state index in [1.54, 1.807) is 6.20 Å². The Labute approximate surface area is 154 Å². The molecule has 1 aliphatic rings. The molecule has 3 heterocycles. The topological polar surface area (TPSA) is 84.2 Å². The summed E-state index contributed by atoms with van der Waals surface area (Å²) in [5, 5.41) is 7.19. The molecule has 1 fully saturated rings. The van der Waals surface area contributed by atoms with E-state index in [-0.39, 0.29) is 17.9 Å². The van der Waals surface area contributed by atoms with Crippen LogP contribution in [0.1, 0.15) is 45.9 Å². The van der Waals surface area contributed by atoms with Gasteiger partial charge in [-0.05, 0) is 38.3 Å². The lowest BCUT2D eigenvalue weighted by Gasteiger charge is -2.34. The van der Waals surface area contributed by atoms with Crippen molar-refractivity contribution >= 4 is 11.7 Å². The maximum Gasteiger partial charge on any atom is 0.226 e. The summed E-state index contributed by atoms with van der Waals surface area (Å²) in [5.41, 5.74) is 0.846. The number of anilines is 1. The van der Waals surface area contributed by atoms with Crippen LogP contribution >= 0.6 is 0 Å². The summed E-state index contributed by atoms with van der Waals surface area (Å²) in [6.07, 6.45) is 5.26. The minimum Gasteiger partial charge on any atom is -0.355 e. The SMILES string of the molecule is CCc1nc(-c2cccnc2N2CCCC(C(=O)NC(C)CC)C2)no1. The number of carbonyl (C=O) groups is 1. The van der Waals surface area contributed by atoms with Gasteiger partial charge < -0.3 is 14.7 Å². The first kappa shape index (κ1) is 18.4. The van der Waals surface area contributed by atoms with E-state index in [1.807, 2.05) is 26.0 Å². The van der Waals surface area contributed by atoms with Crippen molar-refractivity contribution < 1.29 is 9.32 Å². The molecule has 2 aromatic heterocycles. The maximum absolute atomic E-state index is 12.5. The van der Waals surface area contributed by atoms with E-state index in [4.69, 9.17) is 4.52 Å². The second kappa shape index (κ2) is 8.29. The Morgan fingerprint density at radius 3 is 3.04 bits per heavy atom. The van der Waals surface area contributed by atoms with Crippen LogP contribution in [0, 0.1) is 5.92 Å². The molecule has 1 aliphatic heterocycles. The van der Waals surface area contributed by atoms with Crippen LogP contribution in [-0.2, 0) is 11.2 Å². The highest BCUT2D eigenvalue weighted by molar-refractivity contribution is 5.80. The number of rotatable bonds is 6. The van der Waals surface area contributed by atoms with Crippen molar-refractivity contribution in [2.45, 2.75) is 52.5 Å². The Hall–Kier alpha value is -2.44. The van der Waals surface area contributed by atoms with Crippen LogP contribution in [0.5, 0.6) is 0 Å². The van der Waals surface area contributed by atoms with Crippen molar-refractivity contribution in [1.82, 2.24) is 20.4 Å². The molecule has 1 amide bonds. The van der Waals surface area contributed by atoms with Crippen molar-refractivity contribution in [3.05, 3.63) is 24.2 Å². The summed E-state index contributed by atoms with van der Waals surface area (Å²) in [6, 6.07) is 4.03. The Kier molecular flexibility index (Phi) is 5.85. The van der Waals surface area contributed by atoms with Crippen LogP contribution < -0.4 is 10.2 Å². The number of amides is 1. The van der Waals surface area contributed by atoms with Crippen molar-refractivity contribution in [1.29, 1.82) is 0 Å². The third-order valence-electron chi connectivity index (χ3n) is 4.89. The number of nitrogens with zero attached hydrogens (tertiary/aromatic N) is 4. The van der Waals surface area contributed by atoms with Gasteiger partial charge in [0.15, 0.2) is 0 Å². The zero-order valence-corrected chi connectivity index (χ0v) is 15.7. The lowest BCUT2D eigenvalue weighted by atomic mass is 9.96. The molecule has 0 saturated carbocycles. The average Bonchev–Trinajstić information content (AvgIpc) is 3.17. The van der Waals surface area contributed by atoms with Gasteiger partial charge in [-0.15, -0.1) is 0 Å². The zero-order valence-electron chi connectivity index (χ0n) is 15.7. The minimum absolute atomic E-state index is 0.0240. The summed E-state index contributed by atoms with van der Waals surface area (Å²) >= 11 is 0. The first-order valence-corrected chi connectivity index (χ1v) is 9.45. The third-order valence-corrected chi connectivity index (χ3v) is 4.89. The van der Waals surface area contributed by atoms with Crippen molar-refractivity contribution in [3.8, 4) is 11.4 Å². The van der Waals surface area contributed by atoms with Gasteiger partial charge in [-0.2, -0.15) is 4.98 Å². The standard InChI is InChI=1S/C19H27N5O2/c1-4-13(3)21-19(25)14-8-7-11-24(12-14)18-15(9-6-10-20-18)17-22-16(5-2)26-23-17/h6,9-10,13-14H,4-5,7-8,11-12H2,1-3H3,(H,21,25). The minimum atomic E-state index is -0.0240. The highest BCUT2D eigenvalue weighted by Crippen LogP contribution is 2.30. The van der Waals surface area contributed by atoms with Gasteiger partial charge in [0, 0.05) is 31.7 Å². The zero-order chi connectivity index (χ0) is 18.5. The molecule has 1 N–H and O–H groups in total. The normalized spacial score (nSPS) is 18.6. The number of piperidine rings is 1. The Bertz CT molecular complexity index is 745. The number of hydrogen-bond acceptors (Lipinski definition) is 6. The fourth-order valence-electron chi connectivity index (χ4n) is 3.18. The molecule has 0 bridgehead atoms. The number of pyridine rings is 1. The van der Waals surface area contributed by atoms with Crippen molar-refractivity contribution in [3.63, 3.8) is 0 Å². The van der Waals surface area contributed by atoms with Gasteiger partial charge in [-0.1, -0.05) is 19.0 Å². The van der Waals surface area contributed by atoms with Crippen LogP contribution in [-0.4, -0.2) is 40.2 Å². The highest BCUT2D eigenvalue weighted by Gasteiger charge is 2.29. The molecule has 0 radical (unpaired) electrons. The van der Waals surface area contributed by atoms with E-state index in [1.165, 1.54) is 0 Å². The molecule has 2 aromatic rings. The average molecular weight is 357 g/mol. The highest BCUT2D eigenvalue weighted by atomic mass is 16.5. The second-order valence-electron chi connectivity index (χ2n) is 6.84. The van der Waals surface area contributed by atoms with E-state index >= 15 is 0 Å². The Balaban J connectivity index is 1.79. The van der Waals surface area contributed by atoms with Gasteiger partial charge >= 0.3 is 0 Å². The van der Waals surface area contributed by atoms with Crippen LogP contribution in [0.3, 0.4) is 0 Å².